The zero-order valence-electron chi connectivity index (χ0n) is 14.1. The number of hydrogen-bond acceptors (Lipinski definition) is 10. The summed E-state index contributed by atoms with van der Waals surface area (Å²) in [5.74, 6) is -0.237. The van der Waals surface area contributed by atoms with Crippen molar-refractivity contribution in [1.82, 2.24) is 19.5 Å². The molecular weight excluding hydrogens is 466 g/mol. The minimum atomic E-state index is -5.63. The van der Waals surface area contributed by atoms with Gasteiger partial charge in [-0.15, -0.1) is 0 Å². The van der Waals surface area contributed by atoms with Crippen molar-refractivity contribution in [3.8, 4) is 0 Å². The van der Waals surface area contributed by atoms with Crippen molar-refractivity contribution in [2.24, 2.45) is 0 Å². The SMILES string of the molecule is Nc1nc2c(ncn2CC(CF)OCP(=O)(O)OP(=O)(O)OP(=O)(O)O)c(=O)[nH]1. The molecule has 0 aliphatic carbocycles. The van der Waals surface area contributed by atoms with Crippen LogP contribution in [0.2, 0.25) is 0 Å². The molecule has 0 saturated heterocycles. The maximum atomic E-state index is 13.2. The third-order valence-electron chi connectivity index (χ3n) is 2.98. The molecule has 16 nitrogen and oxygen atoms in total. The molecule has 29 heavy (non-hydrogen) atoms. The lowest BCUT2D eigenvalue weighted by molar-refractivity contribution is 0.0443. The predicted octanol–water partition coefficient (Wildman–Crippen LogP) is -0.574. The second-order valence-electron chi connectivity index (χ2n) is 5.35. The molecule has 164 valence electrons. The molecule has 0 spiro atoms. The Labute approximate surface area is 159 Å². The zero-order chi connectivity index (χ0) is 22.0. The van der Waals surface area contributed by atoms with Gasteiger partial charge in [0, 0.05) is 0 Å². The van der Waals surface area contributed by atoms with Crippen LogP contribution in [0, 0.1) is 0 Å². The maximum absolute atomic E-state index is 13.2. The number of nitrogen functional groups attached to an aromatic ring is 1. The molecule has 2 rings (SSSR count). The van der Waals surface area contributed by atoms with Crippen LogP contribution in [0.4, 0.5) is 10.3 Å². The second-order valence-corrected chi connectivity index (χ2v) is 10.1. The summed E-state index contributed by atoms with van der Waals surface area (Å²) in [6, 6.07) is 0. The fourth-order valence-electron chi connectivity index (χ4n) is 2.00. The first-order valence-corrected chi connectivity index (χ1v) is 12.0. The molecule has 20 heteroatoms. The number of H-pyrrole nitrogens is 1. The van der Waals surface area contributed by atoms with Crippen LogP contribution in [0.25, 0.3) is 11.2 Å². The molecule has 0 radical (unpaired) electrons. The quantitative estimate of drug-likeness (QED) is 0.233. The number of nitrogens with two attached hydrogens (primary N) is 1. The van der Waals surface area contributed by atoms with Crippen molar-refractivity contribution in [2.45, 2.75) is 12.6 Å². The van der Waals surface area contributed by atoms with Gasteiger partial charge in [0.05, 0.1) is 12.9 Å². The van der Waals surface area contributed by atoms with Crippen molar-refractivity contribution >= 4 is 40.4 Å². The van der Waals surface area contributed by atoms with Crippen LogP contribution in [-0.4, -0.2) is 58.2 Å². The van der Waals surface area contributed by atoms with Crippen LogP contribution in [0.15, 0.2) is 11.1 Å². The largest absolute Gasteiger partial charge is 0.488 e. The summed E-state index contributed by atoms with van der Waals surface area (Å²) < 4.78 is 60.0. The van der Waals surface area contributed by atoms with Gasteiger partial charge in [0.25, 0.3) is 5.56 Å². The predicted molar refractivity (Wildman–Crippen MR) is 92.1 cm³/mol. The monoisotopic (exact) mass is 481 g/mol. The molecule has 0 saturated carbocycles. The first kappa shape index (κ1) is 23.8. The Morgan fingerprint density at radius 2 is 1.90 bits per heavy atom. The lowest BCUT2D eigenvalue weighted by atomic mass is 10.4. The molecule has 2 aromatic rings. The van der Waals surface area contributed by atoms with E-state index in [0.29, 0.717) is 0 Å². The minimum Gasteiger partial charge on any atom is -0.369 e. The number of nitrogens with one attached hydrogen (secondary N) is 1. The molecule has 0 amide bonds. The average molecular weight is 481 g/mol. The van der Waals surface area contributed by atoms with E-state index in [4.69, 9.17) is 25.2 Å². The zero-order valence-corrected chi connectivity index (χ0v) is 16.7. The molecule has 7 N–H and O–H groups in total. The number of fused-ring (bicyclic) bond motifs is 1. The van der Waals surface area contributed by atoms with Crippen molar-refractivity contribution in [3.05, 3.63) is 16.7 Å². The van der Waals surface area contributed by atoms with E-state index < -0.39 is 47.9 Å². The second kappa shape index (κ2) is 8.70. The maximum Gasteiger partial charge on any atom is 0.488 e. The molecule has 3 atom stereocenters. The molecule has 0 bridgehead atoms. The summed E-state index contributed by atoms with van der Waals surface area (Å²) in [4.78, 5) is 57.0. The van der Waals surface area contributed by atoms with E-state index >= 15 is 0 Å². The lowest BCUT2D eigenvalue weighted by Gasteiger charge is -2.19. The number of imidazole rings is 1. The number of aromatic nitrogens is 4. The fraction of sp³-hybridized carbons (Fsp3) is 0.444. The van der Waals surface area contributed by atoms with Crippen molar-refractivity contribution in [2.75, 3.05) is 18.8 Å². The highest BCUT2D eigenvalue weighted by atomic mass is 31.3. The van der Waals surface area contributed by atoms with Gasteiger partial charge >= 0.3 is 23.2 Å². The van der Waals surface area contributed by atoms with E-state index in [2.05, 4.69) is 23.6 Å². The van der Waals surface area contributed by atoms with Crippen LogP contribution in [0.3, 0.4) is 0 Å². The normalized spacial score (nSPS) is 17.7. The highest BCUT2D eigenvalue weighted by Gasteiger charge is 2.40. The third kappa shape index (κ3) is 7.04. The number of nitrogens with zero attached hydrogens (tertiary/aromatic N) is 3. The smallest absolute Gasteiger partial charge is 0.369 e. The first-order chi connectivity index (χ1) is 13.2. The highest BCUT2D eigenvalue weighted by molar-refractivity contribution is 7.68. The van der Waals surface area contributed by atoms with Crippen molar-refractivity contribution in [1.29, 1.82) is 0 Å². The van der Waals surface area contributed by atoms with Gasteiger partial charge < -0.3 is 34.6 Å². The summed E-state index contributed by atoms with van der Waals surface area (Å²) in [7, 11) is -16.3. The summed E-state index contributed by atoms with van der Waals surface area (Å²) in [6.45, 7) is -1.58. The van der Waals surface area contributed by atoms with Crippen LogP contribution in [-0.2, 0) is 33.6 Å². The standard InChI is InChI=1S/C9H15FN5O11P3/c10-1-5(2-15-3-12-6-7(15)13-9(11)14-8(6)16)24-4-27(17,18)25-29(22,23)26-28(19,20)21/h3,5H,1-2,4H2,(H,17,18)(H,22,23)(H2,19,20,21)(H3,11,13,14,16). The minimum absolute atomic E-state index is 0.0216. The van der Waals surface area contributed by atoms with Gasteiger partial charge in [-0.3, -0.25) is 14.3 Å². The van der Waals surface area contributed by atoms with E-state index in [1.54, 1.807) is 0 Å². The Morgan fingerprint density at radius 1 is 1.24 bits per heavy atom. The Morgan fingerprint density at radius 3 is 2.48 bits per heavy atom. The van der Waals surface area contributed by atoms with E-state index in [9.17, 15) is 27.8 Å². The third-order valence-corrected chi connectivity index (χ3v) is 6.98. The van der Waals surface area contributed by atoms with E-state index in [0.717, 1.165) is 6.33 Å². The van der Waals surface area contributed by atoms with Crippen LogP contribution < -0.4 is 11.3 Å². The summed E-state index contributed by atoms with van der Waals surface area (Å²) in [5.41, 5.74) is 4.64. The lowest BCUT2D eigenvalue weighted by Crippen LogP contribution is -2.23. The molecule has 0 aromatic carbocycles. The number of phosphoric acid groups is 2. The molecule has 0 fully saturated rings. The van der Waals surface area contributed by atoms with Crippen LogP contribution in [0.5, 0.6) is 0 Å². The van der Waals surface area contributed by atoms with Crippen LogP contribution in [0.1, 0.15) is 0 Å². The van der Waals surface area contributed by atoms with Crippen molar-refractivity contribution < 1.29 is 51.0 Å². The van der Waals surface area contributed by atoms with E-state index in [1.165, 1.54) is 4.57 Å². The summed E-state index contributed by atoms with van der Waals surface area (Å²) in [6.07, 6.45) is -1.65. The van der Waals surface area contributed by atoms with E-state index in [1.807, 2.05) is 0 Å². The summed E-state index contributed by atoms with van der Waals surface area (Å²) in [5, 5.41) is 0. The van der Waals surface area contributed by atoms with Gasteiger partial charge in [-0.1, -0.05) is 0 Å². The molecule has 3 unspecified atom stereocenters. The van der Waals surface area contributed by atoms with Gasteiger partial charge in [-0.25, -0.2) is 22.8 Å². The van der Waals surface area contributed by atoms with Gasteiger partial charge in [0.1, 0.15) is 19.1 Å². The topological polar surface area (TPSA) is 249 Å². The number of hydrogen-bond donors (Lipinski definition) is 6. The number of aromatic amines is 1. The molecule has 0 aliphatic rings. The number of rotatable bonds is 10. The molecular formula is C9H15FN5O11P3. The van der Waals surface area contributed by atoms with Gasteiger partial charge in [-0.05, 0) is 0 Å². The van der Waals surface area contributed by atoms with Gasteiger partial charge in [-0.2, -0.15) is 9.29 Å². The van der Waals surface area contributed by atoms with Crippen LogP contribution >= 0.6 is 23.2 Å². The van der Waals surface area contributed by atoms with Crippen molar-refractivity contribution in [3.63, 3.8) is 0 Å². The number of ether oxygens (including phenoxy) is 1. The number of anilines is 1. The van der Waals surface area contributed by atoms with E-state index in [-0.39, 0.29) is 23.7 Å². The number of halogens is 1. The average Bonchev–Trinajstić information content (AvgIpc) is 2.90. The van der Waals surface area contributed by atoms with Gasteiger partial charge in [0.15, 0.2) is 11.2 Å². The molecule has 0 aliphatic heterocycles. The Kier molecular flexibility index (Phi) is 7.13. The highest BCUT2D eigenvalue weighted by Crippen LogP contribution is 2.65. The molecule has 2 heterocycles. The molecule has 2 aromatic heterocycles. The Hall–Kier alpha value is -1.51. The first-order valence-electron chi connectivity index (χ1n) is 7.22. The fourth-order valence-corrected chi connectivity index (χ4v) is 5.34. The summed E-state index contributed by atoms with van der Waals surface area (Å²) >= 11 is 0. The number of alkyl halides is 1. The Bertz CT molecular complexity index is 1080. The van der Waals surface area contributed by atoms with Gasteiger partial charge in [0.2, 0.25) is 5.95 Å². The Balaban J connectivity index is 2.07.